The molecule has 0 amide bonds. The number of nitrogens with one attached hydrogen (secondary N) is 1. The molecule has 0 aliphatic carbocycles. The van der Waals surface area contributed by atoms with Crippen LogP contribution >= 0.6 is 0 Å². The second-order valence-corrected chi connectivity index (χ2v) is 8.08. The summed E-state index contributed by atoms with van der Waals surface area (Å²) in [4.78, 5) is 6.60. The van der Waals surface area contributed by atoms with Gasteiger partial charge in [-0.3, -0.25) is 4.99 Å². The summed E-state index contributed by atoms with van der Waals surface area (Å²) >= 11 is 0. The largest absolute Gasteiger partial charge is 0.356 e. The number of nitrogens with zero attached hydrogens (tertiary/aromatic N) is 3. The first-order chi connectivity index (χ1) is 9.90. The van der Waals surface area contributed by atoms with E-state index in [-0.39, 0.29) is 5.75 Å². The smallest absolute Gasteiger partial charge is 0.213 e. The second kappa shape index (κ2) is 8.58. The molecule has 0 spiro atoms. The molecule has 0 aromatic heterocycles. The Morgan fingerprint density at radius 2 is 2.00 bits per heavy atom. The van der Waals surface area contributed by atoms with Gasteiger partial charge in [-0.25, -0.2) is 12.7 Å². The summed E-state index contributed by atoms with van der Waals surface area (Å²) in [6.07, 6.45) is 3.19. The number of hydrogen-bond acceptors (Lipinski definition) is 3. The maximum atomic E-state index is 11.6. The van der Waals surface area contributed by atoms with Crippen molar-refractivity contribution < 1.29 is 8.42 Å². The zero-order valence-electron chi connectivity index (χ0n) is 13.8. The maximum absolute atomic E-state index is 11.6. The molecular formula is C14H30N4O2S. The highest BCUT2D eigenvalue weighted by Gasteiger charge is 2.18. The normalized spacial score (nSPS) is 18.3. The summed E-state index contributed by atoms with van der Waals surface area (Å²) in [6.45, 7) is 7.33. The average molecular weight is 318 g/mol. The van der Waals surface area contributed by atoms with Crippen LogP contribution in [0.1, 0.15) is 33.1 Å². The Hall–Kier alpha value is -0.820. The van der Waals surface area contributed by atoms with E-state index in [9.17, 15) is 8.42 Å². The van der Waals surface area contributed by atoms with Gasteiger partial charge in [0.25, 0.3) is 0 Å². The topological polar surface area (TPSA) is 65.0 Å². The van der Waals surface area contributed by atoms with Crippen molar-refractivity contribution in [1.82, 2.24) is 14.5 Å². The SMILES string of the molecule is CCS(=O)(=O)N(C)CCCNC(=NC)N1CCC(C)CC1. The molecular weight excluding hydrogens is 288 g/mol. The molecule has 1 fully saturated rings. The van der Waals surface area contributed by atoms with E-state index in [0.717, 1.165) is 37.9 Å². The van der Waals surface area contributed by atoms with Gasteiger partial charge in [0.05, 0.1) is 5.75 Å². The highest BCUT2D eigenvalue weighted by Crippen LogP contribution is 2.15. The quantitative estimate of drug-likeness (QED) is 0.450. The first-order valence-corrected chi connectivity index (χ1v) is 9.41. The zero-order chi connectivity index (χ0) is 15.9. The van der Waals surface area contributed by atoms with Crippen molar-refractivity contribution in [3.8, 4) is 0 Å². The fraction of sp³-hybridized carbons (Fsp3) is 0.929. The minimum absolute atomic E-state index is 0.157. The lowest BCUT2D eigenvalue weighted by Crippen LogP contribution is -2.46. The molecule has 0 saturated carbocycles. The molecule has 0 unspecified atom stereocenters. The lowest BCUT2D eigenvalue weighted by molar-refractivity contribution is 0.273. The summed E-state index contributed by atoms with van der Waals surface area (Å²) in [5.74, 6) is 1.89. The van der Waals surface area contributed by atoms with Crippen molar-refractivity contribution in [3.63, 3.8) is 0 Å². The lowest BCUT2D eigenvalue weighted by Gasteiger charge is -2.33. The molecule has 124 valence electrons. The summed E-state index contributed by atoms with van der Waals surface area (Å²) in [5, 5.41) is 3.33. The van der Waals surface area contributed by atoms with Gasteiger partial charge in [0, 0.05) is 40.3 Å². The van der Waals surface area contributed by atoms with Crippen LogP contribution in [0, 0.1) is 5.92 Å². The van der Waals surface area contributed by atoms with Crippen LogP contribution in [0.2, 0.25) is 0 Å². The van der Waals surface area contributed by atoms with E-state index in [0.29, 0.717) is 6.54 Å². The number of piperidine rings is 1. The van der Waals surface area contributed by atoms with Crippen molar-refractivity contribution in [3.05, 3.63) is 0 Å². The van der Waals surface area contributed by atoms with Crippen molar-refractivity contribution in [2.75, 3.05) is 46.0 Å². The van der Waals surface area contributed by atoms with E-state index in [1.54, 1.807) is 21.0 Å². The molecule has 1 aliphatic rings. The Morgan fingerprint density at radius 3 is 2.52 bits per heavy atom. The van der Waals surface area contributed by atoms with Crippen LogP contribution in [-0.2, 0) is 10.0 Å². The molecule has 0 radical (unpaired) electrons. The third-order valence-electron chi connectivity index (χ3n) is 4.07. The van der Waals surface area contributed by atoms with Gasteiger partial charge in [0.1, 0.15) is 0 Å². The number of likely N-dealkylation sites (tertiary alicyclic amines) is 1. The first-order valence-electron chi connectivity index (χ1n) is 7.80. The Kier molecular flexibility index (Phi) is 7.45. The van der Waals surface area contributed by atoms with Gasteiger partial charge < -0.3 is 10.2 Å². The van der Waals surface area contributed by atoms with Gasteiger partial charge in [-0.05, 0) is 32.1 Å². The number of rotatable bonds is 6. The molecule has 7 heteroatoms. The predicted octanol–water partition coefficient (Wildman–Crippen LogP) is 0.965. The van der Waals surface area contributed by atoms with Crippen LogP contribution in [0.15, 0.2) is 4.99 Å². The van der Waals surface area contributed by atoms with Gasteiger partial charge in [0.2, 0.25) is 10.0 Å². The molecule has 1 aliphatic heterocycles. The predicted molar refractivity (Wildman–Crippen MR) is 88.0 cm³/mol. The summed E-state index contributed by atoms with van der Waals surface area (Å²) in [6, 6.07) is 0. The molecule has 0 aromatic carbocycles. The molecule has 0 bridgehead atoms. The van der Waals surface area contributed by atoms with E-state index in [2.05, 4.69) is 22.1 Å². The van der Waals surface area contributed by atoms with Crippen molar-refractivity contribution in [2.24, 2.45) is 10.9 Å². The van der Waals surface area contributed by atoms with E-state index >= 15 is 0 Å². The van der Waals surface area contributed by atoms with E-state index < -0.39 is 10.0 Å². The first kappa shape index (κ1) is 18.2. The molecule has 1 rings (SSSR count). The van der Waals surface area contributed by atoms with Crippen LogP contribution in [0.5, 0.6) is 0 Å². The fourth-order valence-corrected chi connectivity index (χ4v) is 3.26. The van der Waals surface area contributed by atoms with Gasteiger partial charge >= 0.3 is 0 Å². The van der Waals surface area contributed by atoms with Crippen LogP contribution in [0.4, 0.5) is 0 Å². The van der Waals surface area contributed by atoms with Crippen molar-refractivity contribution >= 4 is 16.0 Å². The molecule has 1 N–H and O–H groups in total. The van der Waals surface area contributed by atoms with Gasteiger partial charge in [-0.2, -0.15) is 0 Å². The Bertz CT molecular complexity index is 428. The summed E-state index contributed by atoms with van der Waals surface area (Å²) < 4.78 is 24.7. The van der Waals surface area contributed by atoms with Gasteiger partial charge in [-0.1, -0.05) is 6.92 Å². The zero-order valence-corrected chi connectivity index (χ0v) is 14.6. The highest BCUT2D eigenvalue weighted by molar-refractivity contribution is 7.89. The number of sulfonamides is 1. The van der Waals surface area contributed by atoms with Crippen molar-refractivity contribution in [2.45, 2.75) is 33.1 Å². The van der Waals surface area contributed by atoms with Gasteiger partial charge in [-0.15, -0.1) is 0 Å². The Labute approximate surface area is 129 Å². The minimum Gasteiger partial charge on any atom is -0.356 e. The van der Waals surface area contributed by atoms with E-state index in [1.807, 2.05) is 0 Å². The molecule has 0 aromatic rings. The lowest BCUT2D eigenvalue weighted by atomic mass is 10.00. The second-order valence-electron chi connectivity index (χ2n) is 5.72. The average Bonchev–Trinajstić information content (AvgIpc) is 2.48. The fourth-order valence-electron chi connectivity index (χ4n) is 2.41. The summed E-state index contributed by atoms with van der Waals surface area (Å²) in [5.41, 5.74) is 0. The molecule has 1 heterocycles. The van der Waals surface area contributed by atoms with Crippen LogP contribution < -0.4 is 5.32 Å². The van der Waals surface area contributed by atoms with Gasteiger partial charge in [0.15, 0.2) is 5.96 Å². The van der Waals surface area contributed by atoms with Crippen LogP contribution in [-0.4, -0.2) is 69.6 Å². The maximum Gasteiger partial charge on any atom is 0.213 e. The van der Waals surface area contributed by atoms with Crippen molar-refractivity contribution in [1.29, 1.82) is 0 Å². The van der Waals surface area contributed by atoms with E-state index in [1.165, 1.54) is 17.1 Å². The third-order valence-corrected chi connectivity index (χ3v) is 5.93. The number of hydrogen-bond donors (Lipinski definition) is 1. The Balaban J connectivity index is 2.30. The monoisotopic (exact) mass is 318 g/mol. The van der Waals surface area contributed by atoms with E-state index in [4.69, 9.17) is 0 Å². The molecule has 1 saturated heterocycles. The molecule has 21 heavy (non-hydrogen) atoms. The van der Waals surface area contributed by atoms with Crippen LogP contribution in [0.3, 0.4) is 0 Å². The highest BCUT2D eigenvalue weighted by atomic mass is 32.2. The standard InChI is InChI=1S/C14H30N4O2S/c1-5-21(19,20)17(4)10-6-9-16-14(15-3)18-11-7-13(2)8-12-18/h13H,5-12H2,1-4H3,(H,15,16). The molecule has 6 nitrogen and oxygen atoms in total. The number of guanidine groups is 1. The Morgan fingerprint density at radius 1 is 1.38 bits per heavy atom. The van der Waals surface area contributed by atoms with Crippen LogP contribution in [0.25, 0.3) is 0 Å². The molecule has 0 atom stereocenters. The number of aliphatic imine (C=N–C) groups is 1. The minimum atomic E-state index is -3.07. The third kappa shape index (κ3) is 5.82. The summed E-state index contributed by atoms with van der Waals surface area (Å²) in [7, 11) is 0.372.